The second-order valence-electron chi connectivity index (χ2n) is 3.56. The van der Waals surface area contributed by atoms with Gasteiger partial charge in [-0.25, -0.2) is 9.18 Å². The van der Waals surface area contributed by atoms with Gasteiger partial charge >= 0.3 is 5.97 Å². The van der Waals surface area contributed by atoms with Gasteiger partial charge in [-0.1, -0.05) is 17.7 Å². The van der Waals surface area contributed by atoms with Crippen LogP contribution in [-0.4, -0.2) is 17.6 Å². The van der Waals surface area contributed by atoms with Gasteiger partial charge in [-0.2, -0.15) is 0 Å². The molecule has 17 heavy (non-hydrogen) atoms. The average molecular weight is 258 g/mol. The Morgan fingerprint density at radius 3 is 2.94 bits per heavy atom. The molecule has 0 aliphatic heterocycles. The van der Waals surface area contributed by atoms with Crippen LogP contribution in [0.3, 0.4) is 0 Å². The van der Waals surface area contributed by atoms with Gasteiger partial charge in [-0.15, -0.1) is 0 Å². The first-order chi connectivity index (χ1) is 8.00. The number of rotatable bonds is 5. The van der Waals surface area contributed by atoms with Gasteiger partial charge in [0.25, 0.3) is 0 Å². The van der Waals surface area contributed by atoms with Crippen LogP contribution in [-0.2, 0) is 11.3 Å². The highest BCUT2D eigenvalue weighted by atomic mass is 35.5. The molecule has 0 amide bonds. The van der Waals surface area contributed by atoms with Crippen LogP contribution in [0.5, 0.6) is 0 Å². The Morgan fingerprint density at radius 1 is 1.59 bits per heavy atom. The summed E-state index contributed by atoms with van der Waals surface area (Å²) in [5.74, 6) is -1.29. The highest BCUT2D eigenvalue weighted by Gasteiger charge is 2.04. The summed E-state index contributed by atoms with van der Waals surface area (Å²) in [5.41, 5.74) is 1.16. The molecule has 0 fully saturated rings. The highest BCUT2D eigenvalue weighted by Crippen LogP contribution is 2.20. The molecule has 0 atom stereocenters. The molecule has 0 heterocycles. The molecule has 0 aromatic heterocycles. The summed E-state index contributed by atoms with van der Waals surface area (Å²) in [6.45, 7) is 2.42. The molecular weight excluding hydrogens is 245 g/mol. The summed E-state index contributed by atoms with van der Waals surface area (Å²) in [7, 11) is 0. The van der Waals surface area contributed by atoms with E-state index in [0.717, 1.165) is 6.08 Å². The van der Waals surface area contributed by atoms with Crippen molar-refractivity contribution >= 4 is 17.6 Å². The molecule has 0 radical (unpaired) electrons. The van der Waals surface area contributed by atoms with Crippen LogP contribution in [0.25, 0.3) is 0 Å². The molecule has 0 unspecified atom stereocenters. The van der Waals surface area contributed by atoms with Crippen LogP contribution in [0.4, 0.5) is 4.39 Å². The Kier molecular flexibility index (Phi) is 5.12. The summed E-state index contributed by atoms with van der Waals surface area (Å²) in [4.78, 5) is 10.2. The summed E-state index contributed by atoms with van der Waals surface area (Å²) < 4.78 is 13.3. The smallest absolute Gasteiger partial charge is 0.328 e. The fourth-order valence-corrected chi connectivity index (χ4v) is 1.56. The molecule has 2 N–H and O–H groups in total. The van der Waals surface area contributed by atoms with Crippen molar-refractivity contribution < 1.29 is 14.3 Å². The first kappa shape index (κ1) is 13.7. The molecule has 0 saturated carbocycles. The SMILES string of the molecule is Cc1cc(Cl)c(CNC/C=C/C(=O)O)cc1F. The average Bonchev–Trinajstić information content (AvgIpc) is 2.24. The lowest BCUT2D eigenvalue weighted by molar-refractivity contribution is -0.131. The normalized spacial score (nSPS) is 11.0. The number of carboxylic acid groups (broad SMARTS) is 1. The summed E-state index contributed by atoms with van der Waals surface area (Å²) in [6.07, 6.45) is 2.52. The lowest BCUT2D eigenvalue weighted by atomic mass is 10.1. The standard InChI is InChI=1S/C12H13ClFNO2/c1-8-5-10(13)9(6-11(8)14)7-15-4-2-3-12(16)17/h2-3,5-6,15H,4,7H2,1H3,(H,16,17)/b3-2+. The van der Waals surface area contributed by atoms with Gasteiger partial charge in [0, 0.05) is 24.2 Å². The topological polar surface area (TPSA) is 49.3 Å². The van der Waals surface area contributed by atoms with Crippen molar-refractivity contribution in [1.29, 1.82) is 0 Å². The van der Waals surface area contributed by atoms with Crippen molar-refractivity contribution in [3.8, 4) is 0 Å². The third-order valence-corrected chi connectivity index (χ3v) is 2.52. The third-order valence-electron chi connectivity index (χ3n) is 2.17. The van der Waals surface area contributed by atoms with Gasteiger partial charge in [0.05, 0.1) is 0 Å². The molecular formula is C12H13ClFNO2. The highest BCUT2D eigenvalue weighted by molar-refractivity contribution is 6.31. The monoisotopic (exact) mass is 257 g/mol. The summed E-state index contributed by atoms with van der Waals surface area (Å²) in [6, 6.07) is 2.95. The van der Waals surface area contributed by atoms with Crippen molar-refractivity contribution in [1.82, 2.24) is 5.32 Å². The Labute approximate surface area is 104 Å². The Bertz CT molecular complexity index is 446. The van der Waals surface area contributed by atoms with E-state index in [1.807, 2.05) is 0 Å². The Hall–Kier alpha value is -1.39. The number of nitrogens with one attached hydrogen (secondary N) is 1. The van der Waals surface area contributed by atoms with Gasteiger partial charge in [-0.05, 0) is 30.2 Å². The number of hydrogen-bond acceptors (Lipinski definition) is 2. The number of aryl methyl sites for hydroxylation is 1. The number of hydrogen-bond donors (Lipinski definition) is 2. The molecule has 92 valence electrons. The number of benzene rings is 1. The molecule has 5 heteroatoms. The summed E-state index contributed by atoms with van der Waals surface area (Å²) >= 11 is 5.95. The molecule has 3 nitrogen and oxygen atoms in total. The fourth-order valence-electron chi connectivity index (χ4n) is 1.27. The van der Waals surface area contributed by atoms with E-state index in [1.54, 1.807) is 13.0 Å². The first-order valence-corrected chi connectivity index (χ1v) is 5.43. The number of carboxylic acids is 1. The molecule has 0 spiro atoms. The zero-order valence-electron chi connectivity index (χ0n) is 9.34. The molecule has 1 rings (SSSR count). The molecule has 1 aromatic rings. The predicted octanol–water partition coefficient (Wildman–Crippen LogP) is 2.52. The van der Waals surface area contributed by atoms with E-state index in [2.05, 4.69) is 5.32 Å². The molecule has 0 aliphatic rings. The van der Waals surface area contributed by atoms with Gasteiger partial charge in [0.15, 0.2) is 0 Å². The maximum atomic E-state index is 13.3. The maximum absolute atomic E-state index is 13.3. The quantitative estimate of drug-likeness (QED) is 0.629. The first-order valence-electron chi connectivity index (χ1n) is 5.05. The van der Waals surface area contributed by atoms with Crippen molar-refractivity contribution in [3.05, 3.63) is 46.3 Å². The zero-order valence-corrected chi connectivity index (χ0v) is 10.1. The number of aliphatic carboxylic acids is 1. The second kappa shape index (κ2) is 6.37. The zero-order chi connectivity index (χ0) is 12.8. The largest absolute Gasteiger partial charge is 0.478 e. The van der Waals surface area contributed by atoms with Crippen LogP contribution >= 0.6 is 11.6 Å². The lowest BCUT2D eigenvalue weighted by Crippen LogP contribution is -2.13. The van der Waals surface area contributed by atoms with E-state index in [4.69, 9.17) is 16.7 Å². The van der Waals surface area contributed by atoms with Crippen molar-refractivity contribution in [2.24, 2.45) is 0 Å². The van der Waals surface area contributed by atoms with Crippen molar-refractivity contribution in [2.75, 3.05) is 6.54 Å². The molecule has 0 bridgehead atoms. The molecule has 0 aliphatic carbocycles. The minimum absolute atomic E-state index is 0.299. The third kappa shape index (κ3) is 4.54. The van der Waals surface area contributed by atoms with Crippen molar-refractivity contribution in [3.63, 3.8) is 0 Å². The van der Waals surface area contributed by atoms with Crippen LogP contribution in [0.1, 0.15) is 11.1 Å². The maximum Gasteiger partial charge on any atom is 0.328 e. The van der Waals surface area contributed by atoms with E-state index in [0.29, 0.717) is 29.2 Å². The van der Waals surface area contributed by atoms with Gasteiger partial charge in [0.1, 0.15) is 5.82 Å². The van der Waals surface area contributed by atoms with Gasteiger partial charge in [0.2, 0.25) is 0 Å². The molecule has 0 saturated heterocycles. The minimum atomic E-state index is -0.994. The van der Waals surface area contributed by atoms with Crippen LogP contribution in [0, 0.1) is 12.7 Å². The molecule has 1 aromatic carbocycles. The fraction of sp³-hybridized carbons (Fsp3) is 0.250. The Balaban J connectivity index is 2.52. The van der Waals surface area contributed by atoms with Crippen LogP contribution in [0.2, 0.25) is 5.02 Å². The minimum Gasteiger partial charge on any atom is -0.478 e. The van der Waals surface area contributed by atoms with E-state index in [-0.39, 0.29) is 5.82 Å². The second-order valence-corrected chi connectivity index (χ2v) is 3.97. The predicted molar refractivity (Wildman–Crippen MR) is 64.6 cm³/mol. The number of carbonyl (C=O) groups is 1. The Morgan fingerprint density at radius 2 is 2.29 bits per heavy atom. The van der Waals surface area contributed by atoms with Gasteiger partial charge < -0.3 is 10.4 Å². The van der Waals surface area contributed by atoms with Crippen LogP contribution < -0.4 is 5.32 Å². The summed E-state index contributed by atoms with van der Waals surface area (Å²) in [5, 5.41) is 11.8. The van der Waals surface area contributed by atoms with Crippen LogP contribution in [0.15, 0.2) is 24.3 Å². The van der Waals surface area contributed by atoms with E-state index in [1.165, 1.54) is 12.1 Å². The number of halogens is 2. The van der Waals surface area contributed by atoms with E-state index in [9.17, 15) is 9.18 Å². The van der Waals surface area contributed by atoms with E-state index < -0.39 is 5.97 Å². The van der Waals surface area contributed by atoms with E-state index >= 15 is 0 Å². The van der Waals surface area contributed by atoms with Crippen molar-refractivity contribution in [2.45, 2.75) is 13.5 Å². The lowest BCUT2D eigenvalue weighted by Gasteiger charge is -2.06. The van der Waals surface area contributed by atoms with Gasteiger partial charge in [-0.3, -0.25) is 0 Å².